The summed E-state index contributed by atoms with van der Waals surface area (Å²) in [7, 11) is -3.41. The fraction of sp³-hybridized carbons (Fsp3) is 0.611. The smallest absolute Gasteiger partial charge is 0.221 e. The molecule has 1 saturated heterocycles. The maximum Gasteiger partial charge on any atom is 0.221 e. The SMILES string of the molecule is CC(C)(C)c1ccc(S(=O)(=O)CCNC(=O)CC2COCCN2)cc1. The van der Waals surface area contributed by atoms with Gasteiger partial charge >= 0.3 is 0 Å². The van der Waals surface area contributed by atoms with Crippen LogP contribution in [0.4, 0.5) is 0 Å². The van der Waals surface area contributed by atoms with Crippen molar-refractivity contribution in [2.24, 2.45) is 0 Å². The highest BCUT2D eigenvalue weighted by molar-refractivity contribution is 7.91. The number of ether oxygens (including phenoxy) is 1. The van der Waals surface area contributed by atoms with Gasteiger partial charge in [-0.3, -0.25) is 4.79 Å². The number of amides is 1. The average Bonchev–Trinajstić information content (AvgIpc) is 2.55. The number of carbonyl (C=O) groups excluding carboxylic acids is 1. The minimum atomic E-state index is -3.41. The lowest BCUT2D eigenvalue weighted by Gasteiger charge is -2.23. The molecule has 1 heterocycles. The highest BCUT2D eigenvalue weighted by atomic mass is 32.2. The number of morpholine rings is 1. The molecule has 0 aromatic heterocycles. The lowest BCUT2D eigenvalue weighted by Crippen LogP contribution is -2.44. The molecule has 0 spiro atoms. The predicted molar refractivity (Wildman–Crippen MR) is 97.4 cm³/mol. The Morgan fingerprint density at radius 3 is 2.52 bits per heavy atom. The van der Waals surface area contributed by atoms with Gasteiger partial charge in [0.1, 0.15) is 0 Å². The number of hydrogen-bond donors (Lipinski definition) is 2. The van der Waals surface area contributed by atoms with Gasteiger partial charge < -0.3 is 15.4 Å². The maximum absolute atomic E-state index is 12.4. The minimum Gasteiger partial charge on any atom is -0.378 e. The van der Waals surface area contributed by atoms with Gasteiger partial charge in [0.25, 0.3) is 0 Å². The molecule has 1 aliphatic heterocycles. The molecule has 1 aromatic rings. The van der Waals surface area contributed by atoms with Crippen molar-refractivity contribution in [3.63, 3.8) is 0 Å². The van der Waals surface area contributed by atoms with Crippen LogP contribution in [0.1, 0.15) is 32.8 Å². The molecule has 1 aromatic carbocycles. The Bertz CT molecular complexity index is 672. The van der Waals surface area contributed by atoms with Gasteiger partial charge in [-0.25, -0.2) is 8.42 Å². The van der Waals surface area contributed by atoms with E-state index >= 15 is 0 Å². The van der Waals surface area contributed by atoms with Crippen LogP contribution in [0.25, 0.3) is 0 Å². The van der Waals surface area contributed by atoms with Crippen LogP contribution >= 0.6 is 0 Å². The highest BCUT2D eigenvalue weighted by Gasteiger charge is 2.19. The third-order valence-corrected chi connectivity index (χ3v) is 5.93. The molecule has 0 bridgehead atoms. The molecule has 1 unspecified atom stereocenters. The number of benzene rings is 1. The number of sulfone groups is 1. The molecular formula is C18H28N2O4S. The summed E-state index contributed by atoms with van der Waals surface area (Å²) in [5, 5.41) is 5.87. The average molecular weight is 368 g/mol. The van der Waals surface area contributed by atoms with Crippen molar-refractivity contribution in [1.29, 1.82) is 0 Å². The van der Waals surface area contributed by atoms with Gasteiger partial charge in [-0.1, -0.05) is 32.9 Å². The number of rotatable bonds is 6. The molecule has 0 aliphatic carbocycles. The Kier molecular flexibility index (Phi) is 6.59. The van der Waals surface area contributed by atoms with Gasteiger partial charge in [0, 0.05) is 25.6 Å². The maximum atomic E-state index is 12.4. The second kappa shape index (κ2) is 8.29. The van der Waals surface area contributed by atoms with E-state index in [1.165, 1.54) is 0 Å². The summed E-state index contributed by atoms with van der Waals surface area (Å²) >= 11 is 0. The Morgan fingerprint density at radius 1 is 1.28 bits per heavy atom. The quantitative estimate of drug-likeness (QED) is 0.789. The largest absolute Gasteiger partial charge is 0.378 e. The second-order valence-corrected chi connectivity index (χ2v) is 9.48. The van der Waals surface area contributed by atoms with Crippen molar-refractivity contribution in [1.82, 2.24) is 10.6 Å². The summed E-state index contributed by atoms with van der Waals surface area (Å²) in [6.45, 7) is 8.25. The van der Waals surface area contributed by atoms with Crippen LogP contribution in [0.3, 0.4) is 0 Å². The Balaban J connectivity index is 1.83. The van der Waals surface area contributed by atoms with Crippen LogP contribution in [0.5, 0.6) is 0 Å². The van der Waals surface area contributed by atoms with Crippen LogP contribution in [0.2, 0.25) is 0 Å². The first-order valence-electron chi connectivity index (χ1n) is 8.59. The normalized spacial score (nSPS) is 18.8. The summed E-state index contributed by atoms with van der Waals surface area (Å²) in [6, 6.07) is 6.97. The first kappa shape index (κ1) is 19.9. The van der Waals surface area contributed by atoms with Crippen molar-refractivity contribution in [2.45, 2.75) is 43.5 Å². The van der Waals surface area contributed by atoms with Crippen molar-refractivity contribution in [3.8, 4) is 0 Å². The molecular weight excluding hydrogens is 340 g/mol. The summed E-state index contributed by atoms with van der Waals surface area (Å²) < 4.78 is 30.1. The van der Waals surface area contributed by atoms with E-state index in [1.54, 1.807) is 12.1 Å². The van der Waals surface area contributed by atoms with E-state index in [-0.39, 0.29) is 34.6 Å². The van der Waals surface area contributed by atoms with Crippen LogP contribution in [-0.4, -0.2) is 52.4 Å². The lowest BCUT2D eigenvalue weighted by atomic mass is 9.87. The standard InChI is InChI=1S/C18H28N2O4S/c1-18(2,3)14-4-6-16(7-5-14)25(22,23)11-9-20-17(21)12-15-13-24-10-8-19-15/h4-7,15,19H,8-13H2,1-3H3,(H,20,21). The van der Waals surface area contributed by atoms with Gasteiger partial charge in [-0.05, 0) is 23.1 Å². The van der Waals surface area contributed by atoms with E-state index in [1.807, 2.05) is 12.1 Å². The van der Waals surface area contributed by atoms with E-state index in [4.69, 9.17) is 4.74 Å². The molecule has 1 amide bonds. The van der Waals surface area contributed by atoms with Crippen molar-refractivity contribution in [3.05, 3.63) is 29.8 Å². The van der Waals surface area contributed by atoms with Gasteiger partial charge in [0.15, 0.2) is 9.84 Å². The number of nitrogens with one attached hydrogen (secondary N) is 2. The Morgan fingerprint density at radius 2 is 1.96 bits per heavy atom. The molecule has 1 aliphatic rings. The van der Waals surface area contributed by atoms with Gasteiger partial charge in [0.05, 0.1) is 23.9 Å². The molecule has 0 radical (unpaired) electrons. The predicted octanol–water partition coefficient (Wildman–Crippen LogP) is 1.25. The molecule has 6 nitrogen and oxygen atoms in total. The second-order valence-electron chi connectivity index (χ2n) is 7.37. The zero-order valence-electron chi connectivity index (χ0n) is 15.2. The van der Waals surface area contributed by atoms with Gasteiger partial charge in [-0.2, -0.15) is 0 Å². The van der Waals surface area contributed by atoms with Crippen LogP contribution in [0.15, 0.2) is 29.2 Å². The molecule has 25 heavy (non-hydrogen) atoms. The molecule has 1 atom stereocenters. The third kappa shape index (κ3) is 6.09. The van der Waals surface area contributed by atoms with E-state index in [0.29, 0.717) is 19.6 Å². The van der Waals surface area contributed by atoms with Crippen molar-refractivity contribution < 1.29 is 17.9 Å². The van der Waals surface area contributed by atoms with E-state index in [9.17, 15) is 13.2 Å². The molecule has 2 N–H and O–H groups in total. The minimum absolute atomic E-state index is 0.00435. The first-order chi connectivity index (χ1) is 11.7. The zero-order valence-corrected chi connectivity index (χ0v) is 16.0. The molecule has 0 saturated carbocycles. The van der Waals surface area contributed by atoms with Crippen LogP contribution in [0, 0.1) is 0 Å². The van der Waals surface area contributed by atoms with E-state index < -0.39 is 9.84 Å². The van der Waals surface area contributed by atoms with Gasteiger partial charge in [-0.15, -0.1) is 0 Å². The highest BCUT2D eigenvalue weighted by Crippen LogP contribution is 2.23. The summed E-state index contributed by atoms with van der Waals surface area (Å²) in [6.07, 6.45) is 0.292. The fourth-order valence-electron chi connectivity index (χ4n) is 2.65. The summed E-state index contributed by atoms with van der Waals surface area (Å²) in [4.78, 5) is 12.2. The fourth-order valence-corrected chi connectivity index (χ4v) is 3.81. The van der Waals surface area contributed by atoms with Crippen LogP contribution < -0.4 is 10.6 Å². The van der Waals surface area contributed by atoms with E-state index in [0.717, 1.165) is 12.1 Å². The van der Waals surface area contributed by atoms with Gasteiger partial charge in [0.2, 0.25) is 5.91 Å². The summed E-state index contributed by atoms with van der Waals surface area (Å²) in [5.74, 6) is -0.274. The summed E-state index contributed by atoms with van der Waals surface area (Å²) in [5.41, 5.74) is 1.06. The molecule has 1 fully saturated rings. The first-order valence-corrected chi connectivity index (χ1v) is 10.2. The molecule has 7 heteroatoms. The zero-order chi connectivity index (χ0) is 18.5. The Labute approximate surface area is 150 Å². The molecule has 2 rings (SSSR count). The van der Waals surface area contributed by atoms with E-state index in [2.05, 4.69) is 31.4 Å². The lowest BCUT2D eigenvalue weighted by molar-refractivity contribution is -0.122. The number of carbonyl (C=O) groups is 1. The van der Waals surface area contributed by atoms with Crippen molar-refractivity contribution >= 4 is 15.7 Å². The third-order valence-electron chi connectivity index (χ3n) is 4.20. The molecule has 140 valence electrons. The van der Waals surface area contributed by atoms with Crippen LogP contribution in [-0.2, 0) is 24.8 Å². The topological polar surface area (TPSA) is 84.5 Å². The van der Waals surface area contributed by atoms with Crippen molar-refractivity contribution in [2.75, 3.05) is 32.1 Å². The Hall–Kier alpha value is -1.44. The number of hydrogen-bond acceptors (Lipinski definition) is 5. The monoisotopic (exact) mass is 368 g/mol.